The summed E-state index contributed by atoms with van der Waals surface area (Å²) in [4.78, 5) is 12.3. The van der Waals surface area contributed by atoms with E-state index < -0.39 is 15.8 Å². The number of carbonyl (C=O) groups excluding carboxylic acids is 1. The molecule has 3 rings (SSSR count). The lowest BCUT2D eigenvalue weighted by atomic mass is 10.0. The zero-order chi connectivity index (χ0) is 20.1. The molecule has 1 aliphatic rings. The third kappa shape index (κ3) is 4.69. The fraction of sp³-hybridized carbons (Fsp3) is 0.350. The average molecular weight is 406 g/mol. The second-order valence-electron chi connectivity index (χ2n) is 6.68. The van der Waals surface area contributed by atoms with E-state index in [1.807, 2.05) is 24.3 Å². The number of sulfonamides is 1. The molecule has 6 nitrogen and oxygen atoms in total. The maximum atomic E-state index is 13.0. The van der Waals surface area contributed by atoms with Gasteiger partial charge in [0.1, 0.15) is 11.6 Å². The van der Waals surface area contributed by atoms with Crippen LogP contribution < -0.4 is 10.1 Å². The van der Waals surface area contributed by atoms with Gasteiger partial charge in [0.2, 0.25) is 15.9 Å². The molecule has 1 aliphatic heterocycles. The third-order valence-corrected chi connectivity index (χ3v) is 6.56. The Morgan fingerprint density at radius 3 is 2.68 bits per heavy atom. The molecule has 0 radical (unpaired) electrons. The highest BCUT2D eigenvalue weighted by Gasteiger charge is 2.23. The van der Waals surface area contributed by atoms with Crippen molar-refractivity contribution in [1.29, 1.82) is 0 Å². The Morgan fingerprint density at radius 1 is 1.21 bits per heavy atom. The van der Waals surface area contributed by atoms with Crippen molar-refractivity contribution in [2.45, 2.75) is 30.2 Å². The van der Waals surface area contributed by atoms with Crippen LogP contribution in [0.4, 0.5) is 4.39 Å². The van der Waals surface area contributed by atoms with Crippen LogP contribution in [-0.2, 0) is 14.8 Å². The van der Waals surface area contributed by atoms with Crippen LogP contribution in [-0.4, -0.2) is 38.8 Å². The van der Waals surface area contributed by atoms with Gasteiger partial charge in [0, 0.05) is 32.0 Å². The second kappa shape index (κ2) is 8.70. The highest BCUT2D eigenvalue weighted by Crippen LogP contribution is 2.31. The van der Waals surface area contributed by atoms with Crippen molar-refractivity contribution >= 4 is 15.9 Å². The first kappa shape index (κ1) is 20.3. The first-order valence-corrected chi connectivity index (χ1v) is 10.5. The van der Waals surface area contributed by atoms with Gasteiger partial charge in [0.05, 0.1) is 17.5 Å². The van der Waals surface area contributed by atoms with E-state index in [1.165, 1.54) is 23.5 Å². The predicted molar refractivity (Wildman–Crippen MR) is 103 cm³/mol. The lowest BCUT2D eigenvalue weighted by Gasteiger charge is -2.26. The highest BCUT2D eigenvalue weighted by molar-refractivity contribution is 7.89. The Hall–Kier alpha value is -2.45. The first-order valence-electron chi connectivity index (χ1n) is 9.11. The van der Waals surface area contributed by atoms with Crippen LogP contribution in [0.1, 0.15) is 30.9 Å². The number of fused-ring (bicyclic) bond motifs is 1. The number of benzene rings is 2. The molecular formula is C20H23FN2O4S. The van der Waals surface area contributed by atoms with Gasteiger partial charge in [-0.3, -0.25) is 4.79 Å². The van der Waals surface area contributed by atoms with Crippen LogP contribution in [0.3, 0.4) is 0 Å². The van der Waals surface area contributed by atoms with Gasteiger partial charge in [-0.15, -0.1) is 0 Å². The van der Waals surface area contributed by atoms with E-state index >= 15 is 0 Å². The summed E-state index contributed by atoms with van der Waals surface area (Å²) in [6, 6.07) is 12.2. The summed E-state index contributed by atoms with van der Waals surface area (Å²) < 4.78 is 44.7. The number of carbonyl (C=O) groups is 1. The van der Waals surface area contributed by atoms with E-state index in [0.29, 0.717) is 19.4 Å². The molecule has 0 bridgehead atoms. The molecular weight excluding hydrogens is 383 g/mol. The maximum absolute atomic E-state index is 13.0. The Morgan fingerprint density at radius 2 is 1.93 bits per heavy atom. The topological polar surface area (TPSA) is 75.7 Å². The molecule has 2 aromatic carbocycles. The fourth-order valence-corrected chi connectivity index (χ4v) is 4.34. The summed E-state index contributed by atoms with van der Waals surface area (Å²) in [5.74, 6) is 0.159. The minimum atomic E-state index is -3.70. The number of nitrogens with one attached hydrogen (secondary N) is 1. The number of amides is 1. The average Bonchev–Trinajstić information content (AvgIpc) is 2.68. The summed E-state index contributed by atoms with van der Waals surface area (Å²) in [5, 5.41) is 3.00. The van der Waals surface area contributed by atoms with Crippen molar-refractivity contribution in [2.75, 3.05) is 20.2 Å². The summed E-state index contributed by atoms with van der Waals surface area (Å²) in [6.07, 6.45) is 1.29. The van der Waals surface area contributed by atoms with Crippen molar-refractivity contribution in [3.05, 3.63) is 59.9 Å². The van der Waals surface area contributed by atoms with Crippen LogP contribution in [0.25, 0.3) is 0 Å². The number of para-hydroxylation sites is 1. The van der Waals surface area contributed by atoms with Gasteiger partial charge in [-0.1, -0.05) is 18.2 Å². The minimum Gasteiger partial charge on any atom is -0.493 e. The van der Waals surface area contributed by atoms with Gasteiger partial charge in [-0.05, 0) is 36.8 Å². The summed E-state index contributed by atoms with van der Waals surface area (Å²) in [6.45, 7) is 0.734. The van der Waals surface area contributed by atoms with Crippen LogP contribution >= 0.6 is 0 Å². The number of rotatable bonds is 7. The molecule has 1 amide bonds. The molecule has 0 aliphatic carbocycles. The van der Waals surface area contributed by atoms with E-state index in [0.717, 1.165) is 23.4 Å². The lowest BCUT2D eigenvalue weighted by Crippen LogP contribution is -2.33. The van der Waals surface area contributed by atoms with Gasteiger partial charge in [0.15, 0.2) is 0 Å². The summed E-state index contributed by atoms with van der Waals surface area (Å²) in [7, 11) is -2.25. The van der Waals surface area contributed by atoms with Gasteiger partial charge >= 0.3 is 0 Å². The number of hydrogen-bond donors (Lipinski definition) is 1. The van der Waals surface area contributed by atoms with E-state index in [9.17, 15) is 17.6 Å². The minimum absolute atomic E-state index is 0.0275. The van der Waals surface area contributed by atoms with Crippen molar-refractivity contribution in [3.8, 4) is 5.75 Å². The molecule has 28 heavy (non-hydrogen) atoms. The molecule has 0 saturated carbocycles. The zero-order valence-corrected chi connectivity index (χ0v) is 16.4. The third-order valence-electron chi connectivity index (χ3n) is 4.69. The largest absolute Gasteiger partial charge is 0.493 e. The van der Waals surface area contributed by atoms with Crippen molar-refractivity contribution < 1.29 is 22.3 Å². The Kier molecular flexibility index (Phi) is 6.31. The zero-order valence-electron chi connectivity index (χ0n) is 15.6. The van der Waals surface area contributed by atoms with Crippen LogP contribution in [0.15, 0.2) is 53.4 Å². The Labute approximate surface area is 164 Å². The SMILES string of the molecule is CN(CCCC(=O)NC1CCOc2ccccc21)S(=O)(=O)c1ccc(F)cc1. The number of hydrogen-bond acceptors (Lipinski definition) is 4. The van der Waals surface area contributed by atoms with Gasteiger partial charge in [-0.2, -0.15) is 0 Å². The monoisotopic (exact) mass is 406 g/mol. The predicted octanol–water partition coefficient (Wildman–Crippen LogP) is 2.87. The van der Waals surface area contributed by atoms with Crippen LogP contribution in [0.5, 0.6) is 5.75 Å². The maximum Gasteiger partial charge on any atom is 0.242 e. The number of ether oxygens (including phenoxy) is 1. The molecule has 0 aromatic heterocycles. The highest BCUT2D eigenvalue weighted by atomic mass is 32.2. The molecule has 150 valence electrons. The van der Waals surface area contributed by atoms with Gasteiger partial charge in [-0.25, -0.2) is 17.1 Å². The molecule has 2 aromatic rings. The molecule has 1 N–H and O–H groups in total. The quantitative estimate of drug-likeness (QED) is 0.767. The first-order chi connectivity index (χ1) is 13.4. The molecule has 1 atom stereocenters. The van der Waals surface area contributed by atoms with Crippen LogP contribution in [0, 0.1) is 5.82 Å². The number of nitrogens with zero attached hydrogens (tertiary/aromatic N) is 1. The molecule has 0 spiro atoms. The Balaban J connectivity index is 1.51. The smallest absolute Gasteiger partial charge is 0.242 e. The molecule has 0 fully saturated rings. The van der Waals surface area contributed by atoms with Crippen molar-refractivity contribution in [3.63, 3.8) is 0 Å². The van der Waals surface area contributed by atoms with E-state index in [1.54, 1.807) is 0 Å². The van der Waals surface area contributed by atoms with E-state index in [2.05, 4.69) is 5.32 Å². The standard InChI is InChI=1S/C20H23FN2O4S/c1-23(28(25,26)16-10-8-15(21)9-11-16)13-4-7-20(24)22-18-12-14-27-19-6-3-2-5-17(18)19/h2-3,5-6,8-11,18H,4,7,12-14H2,1H3,(H,22,24). The van der Waals surface area contributed by atoms with Crippen molar-refractivity contribution in [1.82, 2.24) is 9.62 Å². The summed E-state index contributed by atoms with van der Waals surface area (Å²) >= 11 is 0. The van der Waals surface area contributed by atoms with Gasteiger partial charge in [0.25, 0.3) is 0 Å². The molecule has 1 heterocycles. The normalized spacial score (nSPS) is 16.3. The van der Waals surface area contributed by atoms with E-state index in [-0.39, 0.29) is 29.8 Å². The van der Waals surface area contributed by atoms with Gasteiger partial charge < -0.3 is 10.1 Å². The number of halogens is 1. The Bertz CT molecular complexity index is 931. The van der Waals surface area contributed by atoms with Crippen LogP contribution in [0.2, 0.25) is 0 Å². The molecule has 8 heteroatoms. The van der Waals surface area contributed by atoms with Crippen molar-refractivity contribution in [2.24, 2.45) is 0 Å². The molecule has 1 unspecified atom stereocenters. The molecule has 0 saturated heterocycles. The second-order valence-corrected chi connectivity index (χ2v) is 8.72. The lowest BCUT2D eigenvalue weighted by molar-refractivity contribution is -0.122. The van der Waals surface area contributed by atoms with E-state index in [4.69, 9.17) is 4.74 Å². The fourth-order valence-electron chi connectivity index (χ4n) is 3.13. The summed E-state index contributed by atoms with van der Waals surface area (Å²) in [5.41, 5.74) is 0.957.